The minimum absolute atomic E-state index is 0.107. The fourth-order valence-electron chi connectivity index (χ4n) is 0.539. The Morgan fingerprint density at radius 2 is 2.09 bits per heavy atom. The first-order chi connectivity index (χ1) is 5.16. The Kier molecular flexibility index (Phi) is 1.75. The average molecular weight is 159 g/mol. The molecule has 0 aromatic heterocycles. The largest absolute Gasteiger partial charge is 0.449 e. The summed E-state index contributed by atoms with van der Waals surface area (Å²) in [5, 5.41) is 0. The molecule has 6 nitrogen and oxygen atoms in total. The van der Waals surface area contributed by atoms with Crippen molar-refractivity contribution in [1.29, 1.82) is 0 Å². The molecule has 0 N–H and O–H groups in total. The lowest BCUT2D eigenvalue weighted by Gasteiger charge is -2.22. The first-order valence-electron chi connectivity index (χ1n) is 2.89. The number of hydrogen-bond donors (Lipinski definition) is 0. The smallest absolute Gasteiger partial charge is 0.438 e. The Morgan fingerprint density at radius 1 is 1.55 bits per heavy atom. The number of carbonyl (C=O) groups is 3. The van der Waals surface area contributed by atoms with Crippen molar-refractivity contribution in [2.75, 3.05) is 6.61 Å². The zero-order chi connectivity index (χ0) is 8.43. The van der Waals surface area contributed by atoms with E-state index in [1.807, 2.05) is 0 Å². The minimum atomic E-state index is -0.992. The third-order valence-electron chi connectivity index (χ3n) is 0.990. The van der Waals surface area contributed by atoms with Gasteiger partial charge in [0.05, 0.1) is 6.61 Å². The van der Waals surface area contributed by atoms with Crippen molar-refractivity contribution in [3.05, 3.63) is 0 Å². The van der Waals surface area contributed by atoms with Crippen LogP contribution in [-0.2, 0) is 9.47 Å². The summed E-state index contributed by atoms with van der Waals surface area (Å²) in [6.07, 6.45) is -2.98. The summed E-state index contributed by atoms with van der Waals surface area (Å²) in [7, 11) is 0. The van der Waals surface area contributed by atoms with Gasteiger partial charge in [0.1, 0.15) is 0 Å². The SMILES string of the molecule is CCOC(=O)N1C(=O)OC1=O. The molecule has 1 saturated heterocycles. The Morgan fingerprint density at radius 3 is 2.45 bits per heavy atom. The van der Waals surface area contributed by atoms with E-state index in [1.165, 1.54) is 0 Å². The van der Waals surface area contributed by atoms with Crippen LogP contribution in [0.3, 0.4) is 0 Å². The molecule has 3 amide bonds. The molecule has 1 aliphatic rings. The highest BCUT2D eigenvalue weighted by molar-refractivity contribution is 6.14. The van der Waals surface area contributed by atoms with Gasteiger partial charge in [-0.05, 0) is 6.92 Å². The molecule has 0 unspecified atom stereocenters. The standard InChI is InChI=1S/C5H5NO5/c1-2-10-3(7)6-4(8)11-5(6)9/h2H2,1H3. The van der Waals surface area contributed by atoms with Gasteiger partial charge >= 0.3 is 18.3 Å². The molecule has 0 aliphatic carbocycles. The van der Waals surface area contributed by atoms with E-state index in [0.29, 0.717) is 0 Å². The maximum Gasteiger partial charge on any atom is 0.438 e. The Labute approximate surface area is 61.7 Å². The third-order valence-corrected chi connectivity index (χ3v) is 0.990. The molecule has 0 aromatic carbocycles. The summed E-state index contributed by atoms with van der Waals surface area (Å²) in [6.45, 7) is 1.67. The molecule has 11 heavy (non-hydrogen) atoms. The second kappa shape index (κ2) is 2.57. The number of ether oxygens (including phenoxy) is 2. The van der Waals surface area contributed by atoms with E-state index in [1.54, 1.807) is 6.92 Å². The van der Waals surface area contributed by atoms with Gasteiger partial charge in [-0.3, -0.25) is 0 Å². The van der Waals surface area contributed by atoms with Crippen molar-refractivity contribution in [3.8, 4) is 0 Å². The molecule has 6 heteroatoms. The summed E-state index contributed by atoms with van der Waals surface area (Å²) >= 11 is 0. The predicted molar refractivity (Wildman–Crippen MR) is 30.7 cm³/mol. The van der Waals surface area contributed by atoms with E-state index in [9.17, 15) is 14.4 Å². The molecule has 0 aromatic rings. The van der Waals surface area contributed by atoms with Crippen LogP contribution in [0.15, 0.2) is 0 Å². The van der Waals surface area contributed by atoms with Crippen LogP contribution in [0.25, 0.3) is 0 Å². The Hall–Kier alpha value is -1.59. The zero-order valence-electron chi connectivity index (χ0n) is 5.70. The highest BCUT2D eigenvalue weighted by Crippen LogP contribution is 2.11. The van der Waals surface area contributed by atoms with Gasteiger partial charge in [-0.1, -0.05) is 0 Å². The normalized spacial score (nSPS) is 15.5. The Balaban J connectivity index is 2.53. The molecule has 1 fully saturated rings. The summed E-state index contributed by atoms with van der Waals surface area (Å²) in [5.41, 5.74) is 0. The number of rotatable bonds is 1. The van der Waals surface area contributed by atoms with Gasteiger partial charge < -0.3 is 9.47 Å². The van der Waals surface area contributed by atoms with Gasteiger partial charge in [0, 0.05) is 0 Å². The van der Waals surface area contributed by atoms with Gasteiger partial charge in [-0.25, -0.2) is 14.4 Å². The lowest BCUT2D eigenvalue weighted by molar-refractivity contribution is 0.0472. The summed E-state index contributed by atoms with van der Waals surface area (Å²) in [5.74, 6) is 0. The second-order valence-electron chi connectivity index (χ2n) is 1.67. The maximum atomic E-state index is 10.6. The van der Waals surface area contributed by atoms with E-state index in [2.05, 4.69) is 9.47 Å². The first-order valence-corrected chi connectivity index (χ1v) is 2.89. The summed E-state index contributed by atoms with van der Waals surface area (Å²) < 4.78 is 8.22. The highest BCUT2D eigenvalue weighted by Gasteiger charge is 2.44. The number of hydrogen-bond acceptors (Lipinski definition) is 5. The number of amides is 3. The van der Waals surface area contributed by atoms with Crippen LogP contribution < -0.4 is 0 Å². The monoisotopic (exact) mass is 159 g/mol. The quantitative estimate of drug-likeness (QED) is 0.527. The third kappa shape index (κ3) is 1.14. The van der Waals surface area contributed by atoms with Crippen molar-refractivity contribution in [2.24, 2.45) is 0 Å². The van der Waals surface area contributed by atoms with Gasteiger partial charge in [0.15, 0.2) is 0 Å². The average Bonchev–Trinajstić information content (AvgIpc) is 1.87. The van der Waals surface area contributed by atoms with E-state index in [-0.39, 0.29) is 11.5 Å². The van der Waals surface area contributed by atoms with Gasteiger partial charge in [0.25, 0.3) is 0 Å². The molecule has 0 spiro atoms. The number of carbonyl (C=O) groups excluding carboxylic acids is 3. The van der Waals surface area contributed by atoms with Crippen LogP contribution in [0.2, 0.25) is 0 Å². The minimum Gasteiger partial charge on any atom is -0.449 e. The molecule has 0 radical (unpaired) electrons. The topological polar surface area (TPSA) is 72.9 Å². The van der Waals surface area contributed by atoms with Crippen molar-refractivity contribution < 1.29 is 23.9 Å². The number of nitrogens with zero attached hydrogens (tertiary/aromatic N) is 1. The number of cyclic esters (lactones) is 2. The molecule has 1 aliphatic heterocycles. The van der Waals surface area contributed by atoms with E-state index >= 15 is 0 Å². The predicted octanol–water partition coefficient (Wildman–Crippen LogP) is 0.715. The number of imide groups is 3. The van der Waals surface area contributed by atoms with Crippen LogP contribution in [0, 0.1) is 0 Å². The van der Waals surface area contributed by atoms with Crippen molar-refractivity contribution in [3.63, 3.8) is 0 Å². The zero-order valence-corrected chi connectivity index (χ0v) is 5.70. The van der Waals surface area contributed by atoms with E-state index < -0.39 is 18.3 Å². The first kappa shape index (κ1) is 7.52. The lowest BCUT2D eigenvalue weighted by atomic mass is 10.7. The molecular weight excluding hydrogens is 154 g/mol. The van der Waals surface area contributed by atoms with Crippen molar-refractivity contribution in [2.45, 2.75) is 6.92 Å². The summed E-state index contributed by atoms with van der Waals surface area (Å²) in [6, 6.07) is 0. The molecule has 0 atom stereocenters. The van der Waals surface area contributed by atoms with Crippen LogP contribution in [0.5, 0.6) is 0 Å². The summed E-state index contributed by atoms with van der Waals surface area (Å²) in [4.78, 5) is 31.6. The maximum absolute atomic E-state index is 10.6. The van der Waals surface area contributed by atoms with Crippen molar-refractivity contribution >= 4 is 18.3 Å². The molecule has 1 heterocycles. The van der Waals surface area contributed by atoms with Gasteiger partial charge in [-0.2, -0.15) is 0 Å². The molecular formula is C5H5NO5. The van der Waals surface area contributed by atoms with Crippen LogP contribution >= 0.6 is 0 Å². The lowest BCUT2D eigenvalue weighted by Crippen LogP contribution is -2.53. The molecule has 0 bridgehead atoms. The van der Waals surface area contributed by atoms with Crippen LogP contribution in [-0.4, -0.2) is 29.8 Å². The Bertz CT molecular complexity index is 209. The molecule has 0 saturated carbocycles. The molecule has 1 rings (SSSR count). The highest BCUT2D eigenvalue weighted by atomic mass is 16.7. The fraction of sp³-hybridized carbons (Fsp3) is 0.400. The fourth-order valence-corrected chi connectivity index (χ4v) is 0.539. The van der Waals surface area contributed by atoms with Gasteiger partial charge in [-0.15, -0.1) is 4.90 Å². The van der Waals surface area contributed by atoms with Gasteiger partial charge in [0.2, 0.25) is 0 Å². The second-order valence-corrected chi connectivity index (χ2v) is 1.67. The van der Waals surface area contributed by atoms with Crippen molar-refractivity contribution in [1.82, 2.24) is 4.90 Å². The van der Waals surface area contributed by atoms with Crippen LogP contribution in [0.4, 0.5) is 14.4 Å². The molecule has 60 valence electrons. The van der Waals surface area contributed by atoms with E-state index in [0.717, 1.165) is 0 Å². The van der Waals surface area contributed by atoms with Crippen LogP contribution in [0.1, 0.15) is 6.92 Å². The van der Waals surface area contributed by atoms with E-state index in [4.69, 9.17) is 0 Å².